The number of benzene rings is 4. The second kappa shape index (κ2) is 5.01. The van der Waals surface area contributed by atoms with Gasteiger partial charge < -0.3 is 9.47 Å². The standard InChI is InChI=1S/C25H16O2/c1-16-18-9-4-5-11-20(18)25(27-16)21-12-6-7-13-22(21)26-23-15-14-17-8-2-3-10-19(17)24(23)25/h2-15H,1H2. The Morgan fingerprint density at radius 1 is 0.667 bits per heavy atom. The topological polar surface area (TPSA) is 18.5 Å². The summed E-state index contributed by atoms with van der Waals surface area (Å²) < 4.78 is 13.0. The Bertz CT molecular complexity index is 1250. The van der Waals surface area contributed by atoms with Crippen molar-refractivity contribution in [2.75, 3.05) is 0 Å². The van der Waals surface area contributed by atoms with Gasteiger partial charge in [0.15, 0.2) is 5.60 Å². The fourth-order valence-electron chi connectivity index (χ4n) is 4.51. The molecule has 0 aliphatic carbocycles. The summed E-state index contributed by atoms with van der Waals surface area (Å²) in [6.45, 7) is 4.21. The molecule has 1 atom stereocenters. The Labute approximate surface area is 157 Å². The van der Waals surface area contributed by atoms with Crippen LogP contribution in [-0.2, 0) is 10.3 Å². The summed E-state index contributed by atoms with van der Waals surface area (Å²) in [6.07, 6.45) is 0. The van der Waals surface area contributed by atoms with Crippen LogP contribution in [0, 0.1) is 0 Å². The van der Waals surface area contributed by atoms with Crippen molar-refractivity contribution in [2.24, 2.45) is 0 Å². The Morgan fingerprint density at radius 3 is 2.33 bits per heavy atom. The van der Waals surface area contributed by atoms with Gasteiger partial charge in [-0.05, 0) is 22.9 Å². The van der Waals surface area contributed by atoms with Crippen molar-refractivity contribution in [2.45, 2.75) is 5.60 Å². The molecule has 2 heteroatoms. The molecule has 2 aliphatic heterocycles. The maximum Gasteiger partial charge on any atom is 0.193 e. The molecular weight excluding hydrogens is 332 g/mol. The molecule has 2 heterocycles. The van der Waals surface area contributed by atoms with Gasteiger partial charge >= 0.3 is 0 Å². The minimum Gasteiger partial charge on any atom is -0.473 e. The molecule has 0 amide bonds. The number of rotatable bonds is 0. The highest BCUT2D eigenvalue weighted by Crippen LogP contribution is 2.59. The van der Waals surface area contributed by atoms with E-state index < -0.39 is 5.60 Å². The van der Waals surface area contributed by atoms with Gasteiger partial charge in [-0.3, -0.25) is 0 Å². The Hall–Kier alpha value is -3.52. The Balaban J connectivity index is 1.83. The normalized spacial score (nSPS) is 19.2. The smallest absolute Gasteiger partial charge is 0.193 e. The van der Waals surface area contributed by atoms with E-state index in [4.69, 9.17) is 9.47 Å². The van der Waals surface area contributed by atoms with Gasteiger partial charge in [-0.2, -0.15) is 0 Å². The molecule has 0 N–H and O–H groups in total. The quantitative estimate of drug-likeness (QED) is 0.374. The minimum atomic E-state index is -0.751. The van der Waals surface area contributed by atoms with Crippen LogP contribution < -0.4 is 4.74 Å². The van der Waals surface area contributed by atoms with Crippen LogP contribution in [-0.4, -0.2) is 0 Å². The van der Waals surface area contributed by atoms with Gasteiger partial charge in [0.05, 0.1) is 5.56 Å². The zero-order valence-electron chi connectivity index (χ0n) is 14.6. The molecule has 2 aliphatic rings. The van der Waals surface area contributed by atoms with Crippen molar-refractivity contribution in [3.8, 4) is 11.5 Å². The zero-order valence-corrected chi connectivity index (χ0v) is 14.6. The molecule has 0 fully saturated rings. The van der Waals surface area contributed by atoms with Crippen LogP contribution in [0.15, 0.2) is 91.5 Å². The number of hydrogen-bond acceptors (Lipinski definition) is 2. The summed E-state index contributed by atoms with van der Waals surface area (Å²) in [5.41, 5.74) is 3.47. The average Bonchev–Trinajstić information content (AvgIpc) is 3.01. The van der Waals surface area contributed by atoms with E-state index in [2.05, 4.69) is 61.2 Å². The third kappa shape index (κ3) is 1.75. The first-order valence-electron chi connectivity index (χ1n) is 9.06. The lowest BCUT2D eigenvalue weighted by atomic mass is 9.76. The number of ether oxygens (including phenoxy) is 2. The fraction of sp³-hybridized carbons (Fsp3) is 0.0400. The van der Waals surface area contributed by atoms with E-state index in [1.54, 1.807) is 0 Å². The lowest BCUT2D eigenvalue weighted by Gasteiger charge is -2.38. The van der Waals surface area contributed by atoms with Crippen molar-refractivity contribution in [3.05, 3.63) is 114 Å². The van der Waals surface area contributed by atoms with Crippen LogP contribution in [0.25, 0.3) is 16.5 Å². The van der Waals surface area contributed by atoms with E-state index in [0.29, 0.717) is 5.76 Å². The van der Waals surface area contributed by atoms with Gasteiger partial charge in [0, 0.05) is 16.7 Å². The third-order valence-electron chi connectivity index (χ3n) is 5.61. The van der Waals surface area contributed by atoms with Crippen molar-refractivity contribution < 1.29 is 9.47 Å². The van der Waals surface area contributed by atoms with Crippen molar-refractivity contribution in [1.29, 1.82) is 0 Å². The molecule has 128 valence electrons. The SMILES string of the molecule is C=C1OC2(c3ccccc3Oc3ccc4ccccc4c32)c2ccccc21. The maximum absolute atomic E-state index is 6.65. The molecule has 1 spiro atoms. The number of fused-ring (bicyclic) bond motifs is 8. The predicted molar refractivity (Wildman–Crippen MR) is 107 cm³/mol. The summed E-state index contributed by atoms with van der Waals surface area (Å²) in [4.78, 5) is 0. The molecule has 2 nitrogen and oxygen atoms in total. The highest BCUT2D eigenvalue weighted by atomic mass is 16.5. The highest BCUT2D eigenvalue weighted by molar-refractivity contribution is 5.92. The fourth-order valence-corrected chi connectivity index (χ4v) is 4.51. The molecule has 0 saturated heterocycles. The van der Waals surface area contributed by atoms with Crippen LogP contribution in [0.1, 0.15) is 22.3 Å². The molecule has 0 saturated carbocycles. The van der Waals surface area contributed by atoms with Crippen LogP contribution in [0.3, 0.4) is 0 Å². The second-order valence-corrected chi connectivity index (χ2v) is 7.01. The number of para-hydroxylation sites is 1. The van der Waals surface area contributed by atoms with Gasteiger partial charge in [-0.25, -0.2) is 0 Å². The molecular formula is C25H16O2. The largest absolute Gasteiger partial charge is 0.473 e. The summed E-state index contributed by atoms with van der Waals surface area (Å²) in [6, 6.07) is 29.0. The lowest BCUT2D eigenvalue weighted by molar-refractivity contribution is 0.127. The summed E-state index contributed by atoms with van der Waals surface area (Å²) in [5.74, 6) is 2.35. The second-order valence-electron chi connectivity index (χ2n) is 7.01. The van der Waals surface area contributed by atoms with Crippen molar-refractivity contribution >= 4 is 16.5 Å². The van der Waals surface area contributed by atoms with Gasteiger partial charge in [0.2, 0.25) is 0 Å². The summed E-state index contributed by atoms with van der Waals surface area (Å²) in [7, 11) is 0. The molecule has 0 radical (unpaired) electrons. The van der Waals surface area contributed by atoms with Crippen molar-refractivity contribution in [3.63, 3.8) is 0 Å². The average molecular weight is 348 g/mol. The van der Waals surface area contributed by atoms with E-state index >= 15 is 0 Å². The minimum absolute atomic E-state index is 0.696. The molecule has 4 aromatic rings. The van der Waals surface area contributed by atoms with Gasteiger partial charge in [-0.1, -0.05) is 79.4 Å². The van der Waals surface area contributed by atoms with Crippen LogP contribution in [0.4, 0.5) is 0 Å². The van der Waals surface area contributed by atoms with E-state index in [0.717, 1.165) is 44.5 Å². The van der Waals surface area contributed by atoms with Gasteiger partial charge in [0.25, 0.3) is 0 Å². The molecule has 0 aromatic heterocycles. The molecule has 1 unspecified atom stereocenters. The highest BCUT2D eigenvalue weighted by Gasteiger charge is 2.52. The van der Waals surface area contributed by atoms with E-state index in [1.807, 2.05) is 30.3 Å². The lowest BCUT2D eigenvalue weighted by Crippen LogP contribution is -2.32. The summed E-state index contributed by atoms with van der Waals surface area (Å²) in [5, 5.41) is 2.30. The molecule has 0 bridgehead atoms. The monoisotopic (exact) mass is 348 g/mol. The number of hydrogen-bond donors (Lipinski definition) is 0. The zero-order chi connectivity index (χ0) is 18.0. The molecule has 27 heavy (non-hydrogen) atoms. The maximum atomic E-state index is 6.65. The first-order valence-corrected chi connectivity index (χ1v) is 9.06. The van der Waals surface area contributed by atoms with Gasteiger partial charge in [0.1, 0.15) is 17.3 Å². The summed E-state index contributed by atoms with van der Waals surface area (Å²) >= 11 is 0. The van der Waals surface area contributed by atoms with Gasteiger partial charge in [-0.15, -0.1) is 0 Å². The van der Waals surface area contributed by atoms with Crippen molar-refractivity contribution in [1.82, 2.24) is 0 Å². The predicted octanol–water partition coefficient (Wildman–Crippen LogP) is 6.24. The van der Waals surface area contributed by atoms with E-state index in [1.165, 1.54) is 0 Å². The Morgan fingerprint density at radius 2 is 1.41 bits per heavy atom. The first kappa shape index (κ1) is 14.6. The molecule has 6 rings (SSSR count). The van der Waals surface area contributed by atoms with E-state index in [-0.39, 0.29) is 0 Å². The van der Waals surface area contributed by atoms with Crippen LogP contribution in [0.5, 0.6) is 11.5 Å². The van der Waals surface area contributed by atoms with Crippen LogP contribution in [0.2, 0.25) is 0 Å². The Kier molecular flexibility index (Phi) is 2.72. The third-order valence-corrected chi connectivity index (χ3v) is 5.61. The van der Waals surface area contributed by atoms with E-state index in [9.17, 15) is 0 Å². The van der Waals surface area contributed by atoms with Crippen LogP contribution >= 0.6 is 0 Å². The molecule has 4 aromatic carbocycles. The first-order chi connectivity index (χ1) is 13.3.